The molecule has 4 aromatic rings. The Balaban J connectivity index is 1.76. The second-order valence-electron chi connectivity index (χ2n) is 7.27. The maximum absolute atomic E-state index is 13.5. The molecule has 0 spiro atoms. The number of rotatable bonds is 5. The summed E-state index contributed by atoms with van der Waals surface area (Å²) in [6.07, 6.45) is 0. The standard InChI is InChI=1S/C25H21NO4/c1-28-17-10-8-15(9-11-17)14-26-20-12-16-6-4-5-7-18(16)23-22(20)19(25(26)27)13-21(29-2)24(23)30-3/h4-13H,14H2,1-3H3. The number of amides is 1. The third-order valence-electron chi connectivity index (χ3n) is 5.71. The molecule has 4 aromatic carbocycles. The molecule has 0 N–H and O–H groups in total. The summed E-state index contributed by atoms with van der Waals surface area (Å²) in [6.45, 7) is 0.468. The van der Waals surface area contributed by atoms with Crippen molar-refractivity contribution in [3.63, 3.8) is 0 Å². The second kappa shape index (κ2) is 6.95. The summed E-state index contributed by atoms with van der Waals surface area (Å²) in [5.74, 6) is 1.95. The third kappa shape index (κ3) is 2.59. The van der Waals surface area contributed by atoms with Crippen LogP contribution in [0.1, 0.15) is 15.9 Å². The molecule has 0 radical (unpaired) electrons. The van der Waals surface area contributed by atoms with Crippen LogP contribution in [-0.2, 0) is 6.54 Å². The first kappa shape index (κ1) is 18.3. The number of ether oxygens (including phenoxy) is 3. The fraction of sp³-hybridized carbons (Fsp3) is 0.160. The highest BCUT2D eigenvalue weighted by atomic mass is 16.5. The van der Waals surface area contributed by atoms with Crippen LogP contribution in [0.15, 0.2) is 60.7 Å². The lowest BCUT2D eigenvalue weighted by Crippen LogP contribution is -2.26. The van der Waals surface area contributed by atoms with Gasteiger partial charge in [-0.2, -0.15) is 0 Å². The van der Waals surface area contributed by atoms with Gasteiger partial charge in [-0.25, -0.2) is 0 Å². The van der Waals surface area contributed by atoms with Crippen LogP contribution in [0.25, 0.3) is 21.5 Å². The van der Waals surface area contributed by atoms with E-state index in [0.29, 0.717) is 23.6 Å². The van der Waals surface area contributed by atoms with Gasteiger partial charge in [0.2, 0.25) is 0 Å². The van der Waals surface area contributed by atoms with E-state index in [2.05, 4.69) is 18.2 Å². The lowest BCUT2D eigenvalue weighted by atomic mass is 9.97. The fourth-order valence-corrected chi connectivity index (χ4v) is 4.29. The molecule has 30 heavy (non-hydrogen) atoms. The first-order chi connectivity index (χ1) is 14.7. The first-order valence-electron chi connectivity index (χ1n) is 9.71. The third-order valence-corrected chi connectivity index (χ3v) is 5.71. The van der Waals surface area contributed by atoms with E-state index in [4.69, 9.17) is 14.2 Å². The molecular formula is C25H21NO4. The number of carbonyl (C=O) groups is 1. The summed E-state index contributed by atoms with van der Waals surface area (Å²) in [4.78, 5) is 15.3. The summed E-state index contributed by atoms with van der Waals surface area (Å²) >= 11 is 0. The molecule has 1 aliphatic rings. The lowest BCUT2D eigenvalue weighted by molar-refractivity contribution is 0.0991. The number of anilines is 1. The van der Waals surface area contributed by atoms with Crippen LogP contribution < -0.4 is 19.1 Å². The predicted molar refractivity (Wildman–Crippen MR) is 118 cm³/mol. The Labute approximate surface area is 174 Å². The fourth-order valence-electron chi connectivity index (χ4n) is 4.29. The molecule has 1 heterocycles. The average molecular weight is 399 g/mol. The van der Waals surface area contributed by atoms with Crippen LogP contribution in [0.5, 0.6) is 17.2 Å². The lowest BCUT2D eigenvalue weighted by Gasteiger charge is -2.19. The average Bonchev–Trinajstić information content (AvgIpc) is 3.05. The topological polar surface area (TPSA) is 48.0 Å². The zero-order chi connectivity index (χ0) is 20.8. The number of benzene rings is 4. The Hall–Kier alpha value is -3.73. The zero-order valence-electron chi connectivity index (χ0n) is 17.1. The molecule has 0 atom stereocenters. The maximum Gasteiger partial charge on any atom is 0.259 e. The summed E-state index contributed by atoms with van der Waals surface area (Å²) in [7, 11) is 4.87. The largest absolute Gasteiger partial charge is 0.497 e. The van der Waals surface area contributed by atoms with Crippen molar-refractivity contribution in [1.29, 1.82) is 0 Å². The molecule has 1 aliphatic heterocycles. The van der Waals surface area contributed by atoms with Gasteiger partial charge < -0.3 is 19.1 Å². The van der Waals surface area contributed by atoms with Gasteiger partial charge in [0, 0.05) is 10.8 Å². The van der Waals surface area contributed by atoms with Crippen LogP contribution >= 0.6 is 0 Å². The summed E-state index contributed by atoms with van der Waals surface area (Å²) in [5.41, 5.74) is 2.55. The van der Waals surface area contributed by atoms with Crippen LogP contribution in [0, 0.1) is 0 Å². The molecule has 1 amide bonds. The number of hydrogen-bond donors (Lipinski definition) is 0. The van der Waals surface area contributed by atoms with Crippen molar-refractivity contribution in [2.24, 2.45) is 0 Å². The molecule has 150 valence electrons. The van der Waals surface area contributed by atoms with E-state index in [9.17, 15) is 4.79 Å². The molecule has 0 saturated carbocycles. The number of methoxy groups -OCH3 is 3. The van der Waals surface area contributed by atoms with Crippen molar-refractivity contribution in [2.45, 2.75) is 6.54 Å². The maximum atomic E-state index is 13.5. The van der Waals surface area contributed by atoms with Crippen LogP contribution in [0.3, 0.4) is 0 Å². The van der Waals surface area contributed by atoms with Crippen molar-refractivity contribution >= 4 is 33.1 Å². The minimum absolute atomic E-state index is 0.0397. The smallest absolute Gasteiger partial charge is 0.259 e. The Morgan fingerprint density at radius 2 is 1.60 bits per heavy atom. The molecule has 0 saturated heterocycles. The Morgan fingerprint density at radius 3 is 2.30 bits per heavy atom. The SMILES string of the molecule is COc1ccc(CN2C(=O)c3cc(OC)c(OC)c4c3c2cc2ccccc24)cc1. The molecule has 0 bridgehead atoms. The van der Waals surface area contributed by atoms with Gasteiger partial charge in [0.05, 0.1) is 39.1 Å². The Bertz CT molecular complexity index is 1290. The summed E-state index contributed by atoms with van der Waals surface area (Å²) < 4.78 is 16.6. The summed E-state index contributed by atoms with van der Waals surface area (Å²) in [5, 5.41) is 3.90. The van der Waals surface area contributed by atoms with Gasteiger partial charge in [-0.05, 0) is 40.6 Å². The number of carbonyl (C=O) groups excluding carboxylic acids is 1. The van der Waals surface area contributed by atoms with Gasteiger partial charge in [-0.3, -0.25) is 4.79 Å². The molecule has 5 nitrogen and oxygen atoms in total. The highest BCUT2D eigenvalue weighted by molar-refractivity contribution is 6.31. The Morgan fingerprint density at radius 1 is 0.833 bits per heavy atom. The van der Waals surface area contributed by atoms with Gasteiger partial charge in [0.1, 0.15) is 5.75 Å². The highest BCUT2D eigenvalue weighted by Gasteiger charge is 2.33. The van der Waals surface area contributed by atoms with Crippen molar-refractivity contribution in [1.82, 2.24) is 0 Å². The van der Waals surface area contributed by atoms with Crippen molar-refractivity contribution in [3.8, 4) is 17.2 Å². The van der Waals surface area contributed by atoms with Crippen LogP contribution in [0.4, 0.5) is 5.69 Å². The van der Waals surface area contributed by atoms with E-state index in [-0.39, 0.29) is 5.91 Å². The first-order valence-corrected chi connectivity index (χ1v) is 9.71. The van der Waals surface area contributed by atoms with Crippen LogP contribution in [0.2, 0.25) is 0 Å². The van der Waals surface area contributed by atoms with E-state index in [1.807, 2.05) is 41.3 Å². The highest BCUT2D eigenvalue weighted by Crippen LogP contribution is 2.49. The van der Waals surface area contributed by atoms with E-state index < -0.39 is 0 Å². The van der Waals surface area contributed by atoms with Gasteiger partial charge >= 0.3 is 0 Å². The number of hydrogen-bond acceptors (Lipinski definition) is 4. The second-order valence-corrected chi connectivity index (χ2v) is 7.27. The molecule has 5 heteroatoms. The monoisotopic (exact) mass is 399 g/mol. The van der Waals surface area contributed by atoms with Crippen molar-refractivity contribution in [2.75, 3.05) is 26.2 Å². The van der Waals surface area contributed by atoms with Gasteiger partial charge in [-0.1, -0.05) is 36.4 Å². The summed E-state index contributed by atoms with van der Waals surface area (Å²) in [6, 6.07) is 19.7. The van der Waals surface area contributed by atoms with Crippen LogP contribution in [-0.4, -0.2) is 27.2 Å². The number of fused-ring (bicyclic) bond motifs is 2. The van der Waals surface area contributed by atoms with Crippen molar-refractivity contribution < 1.29 is 19.0 Å². The normalized spacial score (nSPS) is 12.6. The number of nitrogens with zero attached hydrogens (tertiary/aromatic N) is 1. The van der Waals surface area contributed by atoms with E-state index >= 15 is 0 Å². The molecule has 0 fully saturated rings. The van der Waals surface area contributed by atoms with E-state index in [0.717, 1.165) is 38.5 Å². The molecule has 0 aromatic heterocycles. The van der Waals surface area contributed by atoms with Gasteiger partial charge in [0.25, 0.3) is 5.91 Å². The minimum atomic E-state index is -0.0397. The van der Waals surface area contributed by atoms with Gasteiger partial charge in [0.15, 0.2) is 11.5 Å². The van der Waals surface area contributed by atoms with E-state index in [1.165, 1.54) is 0 Å². The van der Waals surface area contributed by atoms with Gasteiger partial charge in [-0.15, -0.1) is 0 Å². The zero-order valence-corrected chi connectivity index (χ0v) is 17.1. The minimum Gasteiger partial charge on any atom is -0.497 e. The molecule has 0 unspecified atom stereocenters. The van der Waals surface area contributed by atoms with Crippen molar-refractivity contribution in [3.05, 3.63) is 71.8 Å². The molecular weight excluding hydrogens is 378 g/mol. The molecule has 5 rings (SSSR count). The Kier molecular flexibility index (Phi) is 4.24. The predicted octanol–water partition coefficient (Wildman–Crippen LogP) is 5.18. The quantitative estimate of drug-likeness (QED) is 0.434. The molecule has 0 aliphatic carbocycles. The van der Waals surface area contributed by atoms with E-state index in [1.54, 1.807) is 27.4 Å².